The van der Waals surface area contributed by atoms with E-state index in [0.29, 0.717) is 24.6 Å². The summed E-state index contributed by atoms with van der Waals surface area (Å²) in [7, 11) is 0. The monoisotopic (exact) mass is 360 g/mol. The lowest BCUT2D eigenvalue weighted by Crippen LogP contribution is -2.37. The molecule has 1 amide bonds. The minimum Gasteiger partial charge on any atom is -0.346 e. The van der Waals surface area contributed by atoms with Crippen molar-refractivity contribution in [3.8, 4) is 0 Å². The van der Waals surface area contributed by atoms with Crippen LogP contribution in [0.4, 0.5) is 0 Å². The van der Waals surface area contributed by atoms with Crippen LogP contribution in [-0.2, 0) is 13.1 Å². The molecule has 2 aromatic rings. The molecule has 6 nitrogen and oxygen atoms in total. The molecule has 7 heteroatoms. The van der Waals surface area contributed by atoms with Crippen LogP contribution < -0.4 is 16.2 Å². The average Bonchev–Trinajstić information content (AvgIpc) is 3.02. The van der Waals surface area contributed by atoms with E-state index >= 15 is 0 Å². The summed E-state index contributed by atoms with van der Waals surface area (Å²) in [5.41, 5.74) is 1.55. The Morgan fingerprint density at radius 1 is 1.48 bits per heavy atom. The van der Waals surface area contributed by atoms with Crippen molar-refractivity contribution < 1.29 is 4.79 Å². The Labute approximate surface area is 151 Å². The van der Waals surface area contributed by atoms with Crippen molar-refractivity contribution in [2.75, 3.05) is 13.1 Å². The molecule has 1 fully saturated rings. The molecule has 2 aromatic heterocycles. The van der Waals surface area contributed by atoms with Crippen LogP contribution in [0.25, 0.3) is 0 Å². The molecule has 3 heterocycles. The molecule has 134 valence electrons. The third kappa shape index (κ3) is 4.35. The minimum absolute atomic E-state index is 0.211. The number of amides is 1. The fraction of sp³-hybridized carbons (Fsp3) is 0.500. The molecule has 2 N–H and O–H groups in total. The number of nitrogens with zero attached hydrogens (tertiary/aromatic N) is 2. The van der Waals surface area contributed by atoms with Gasteiger partial charge >= 0.3 is 0 Å². The molecular weight excluding hydrogens is 336 g/mol. The first-order valence-corrected chi connectivity index (χ1v) is 9.52. The van der Waals surface area contributed by atoms with Crippen molar-refractivity contribution in [2.24, 2.45) is 5.92 Å². The molecule has 1 unspecified atom stereocenters. The number of thiazole rings is 1. The second kappa shape index (κ2) is 7.93. The SMILES string of the molecule is Cc1nc(CNC(=O)c2c(C)ccn(CC3CCCNC3)c2=O)cs1. The molecule has 1 aliphatic heterocycles. The van der Waals surface area contributed by atoms with Crippen LogP contribution in [0.3, 0.4) is 0 Å². The number of carbonyl (C=O) groups excluding carboxylic acids is 1. The van der Waals surface area contributed by atoms with E-state index in [1.807, 2.05) is 18.4 Å². The summed E-state index contributed by atoms with van der Waals surface area (Å²) in [6.07, 6.45) is 4.04. The number of nitrogens with one attached hydrogen (secondary N) is 2. The number of hydrogen-bond acceptors (Lipinski definition) is 5. The molecule has 3 rings (SSSR count). The van der Waals surface area contributed by atoms with Crippen molar-refractivity contribution in [3.63, 3.8) is 0 Å². The summed E-state index contributed by atoms with van der Waals surface area (Å²) >= 11 is 1.55. The van der Waals surface area contributed by atoms with Crippen molar-refractivity contribution in [1.29, 1.82) is 0 Å². The van der Waals surface area contributed by atoms with Crippen LogP contribution in [0.1, 0.15) is 39.5 Å². The molecule has 1 saturated heterocycles. The van der Waals surface area contributed by atoms with Gasteiger partial charge in [-0.1, -0.05) is 0 Å². The Kier molecular flexibility index (Phi) is 5.65. The largest absolute Gasteiger partial charge is 0.346 e. The van der Waals surface area contributed by atoms with Gasteiger partial charge in [0.2, 0.25) is 0 Å². The number of rotatable bonds is 5. The highest BCUT2D eigenvalue weighted by molar-refractivity contribution is 7.09. The molecule has 0 spiro atoms. The number of aromatic nitrogens is 2. The fourth-order valence-corrected chi connectivity index (χ4v) is 3.80. The van der Waals surface area contributed by atoms with E-state index in [1.165, 1.54) is 0 Å². The zero-order valence-corrected chi connectivity index (χ0v) is 15.5. The predicted molar refractivity (Wildman–Crippen MR) is 99.1 cm³/mol. The number of aryl methyl sites for hydroxylation is 2. The third-order valence-electron chi connectivity index (χ3n) is 4.55. The first-order chi connectivity index (χ1) is 12.0. The van der Waals surface area contributed by atoms with Gasteiger partial charge in [-0.3, -0.25) is 9.59 Å². The van der Waals surface area contributed by atoms with Gasteiger partial charge in [-0.2, -0.15) is 0 Å². The summed E-state index contributed by atoms with van der Waals surface area (Å²) in [4.78, 5) is 29.7. The number of hydrogen-bond donors (Lipinski definition) is 2. The lowest BCUT2D eigenvalue weighted by atomic mass is 9.99. The van der Waals surface area contributed by atoms with Crippen LogP contribution in [0.15, 0.2) is 22.4 Å². The van der Waals surface area contributed by atoms with Gasteiger partial charge in [0.25, 0.3) is 11.5 Å². The Balaban J connectivity index is 1.74. The predicted octanol–water partition coefficient (Wildman–Crippen LogP) is 1.85. The lowest BCUT2D eigenvalue weighted by molar-refractivity contribution is 0.0947. The summed E-state index contributed by atoms with van der Waals surface area (Å²) in [6, 6.07) is 1.85. The van der Waals surface area contributed by atoms with Gasteiger partial charge in [0.15, 0.2) is 0 Å². The zero-order valence-electron chi connectivity index (χ0n) is 14.7. The van der Waals surface area contributed by atoms with Gasteiger partial charge in [-0.05, 0) is 57.3 Å². The van der Waals surface area contributed by atoms with Crippen molar-refractivity contribution >= 4 is 17.2 Å². The van der Waals surface area contributed by atoms with Gasteiger partial charge in [-0.15, -0.1) is 11.3 Å². The molecule has 1 aliphatic rings. The van der Waals surface area contributed by atoms with E-state index in [9.17, 15) is 9.59 Å². The van der Waals surface area contributed by atoms with Gasteiger partial charge in [0.05, 0.1) is 17.2 Å². The standard InChI is InChI=1S/C18H24N4O2S/c1-12-5-7-22(10-14-4-3-6-19-8-14)18(24)16(12)17(23)20-9-15-11-25-13(2)21-15/h5,7,11,14,19H,3-4,6,8-10H2,1-2H3,(H,20,23). The van der Waals surface area contributed by atoms with Crippen LogP contribution in [0.2, 0.25) is 0 Å². The van der Waals surface area contributed by atoms with Crippen LogP contribution in [0.5, 0.6) is 0 Å². The molecule has 0 saturated carbocycles. The van der Waals surface area contributed by atoms with E-state index in [2.05, 4.69) is 15.6 Å². The summed E-state index contributed by atoms with van der Waals surface area (Å²) < 4.78 is 1.67. The molecular formula is C18H24N4O2S. The first-order valence-electron chi connectivity index (χ1n) is 8.64. The second-order valence-corrected chi connectivity index (χ2v) is 7.65. The maximum atomic E-state index is 12.8. The van der Waals surface area contributed by atoms with E-state index < -0.39 is 0 Å². The molecule has 0 aromatic carbocycles. The smallest absolute Gasteiger partial charge is 0.263 e. The van der Waals surface area contributed by atoms with Gasteiger partial charge in [0, 0.05) is 18.1 Å². The van der Waals surface area contributed by atoms with Gasteiger partial charge < -0.3 is 15.2 Å². The summed E-state index contributed by atoms with van der Waals surface area (Å²) in [6.45, 7) is 6.68. The third-order valence-corrected chi connectivity index (χ3v) is 5.37. The van der Waals surface area contributed by atoms with Crippen LogP contribution in [0, 0.1) is 19.8 Å². The zero-order chi connectivity index (χ0) is 17.8. The Hall–Kier alpha value is -1.99. The lowest BCUT2D eigenvalue weighted by Gasteiger charge is -2.23. The summed E-state index contributed by atoms with van der Waals surface area (Å²) in [5.74, 6) is 0.104. The normalized spacial score (nSPS) is 17.4. The number of pyridine rings is 1. The number of piperidine rings is 1. The quantitative estimate of drug-likeness (QED) is 0.853. The molecule has 1 atom stereocenters. The van der Waals surface area contributed by atoms with Gasteiger partial charge in [-0.25, -0.2) is 4.98 Å². The minimum atomic E-state index is -0.329. The highest BCUT2D eigenvalue weighted by atomic mass is 32.1. The van der Waals surface area contributed by atoms with E-state index in [0.717, 1.165) is 36.6 Å². The van der Waals surface area contributed by atoms with Crippen molar-refractivity contribution in [2.45, 2.75) is 39.8 Å². The second-order valence-electron chi connectivity index (χ2n) is 6.58. The Morgan fingerprint density at radius 3 is 3.00 bits per heavy atom. The molecule has 0 radical (unpaired) electrons. The first kappa shape index (κ1) is 17.8. The fourth-order valence-electron chi connectivity index (χ4n) is 3.19. The Morgan fingerprint density at radius 2 is 2.32 bits per heavy atom. The van der Waals surface area contributed by atoms with E-state index in [4.69, 9.17) is 0 Å². The van der Waals surface area contributed by atoms with Gasteiger partial charge in [0.1, 0.15) is 5.56 Å². The number of carbonyl (C=O) groups is 1. The van der Waals surface area contributed by atoms with E-state index in [1.54, 1.807) is 29.0 Å². The maximum absolute atomic E-state index is 12.8. The van der Waals surface area contributed by atoms with Crippen molar-refractivity contribution in [1.82, 2.24) is 20.2 Å². The highest BCUT2D eigenvalue weighted by Gasteiger charge is 2.19. The van der Waals surface area contributed by atoms with Crippen LogP contribution >= 0.6 is 11.3 Å². The topological polar surface area (TPSA) is 76.0 Å². The maximum Gasteiger partial charge on any atom is 0.263 e. The van der Waals surface area contributed by atoms with Crippen LogP contribution in [-0.4, -0.2) is 28.5 Å². The molecule has 0 bridgehead atoms. The van der Waals surface area contributed by atoms with E-state index in [-0.39, 0.29) is 17.0 Å². The highest BCUT2D eigenvalue weighted by Crippen LogP contribution is 2.13. The molecule has 0 aliphatic carbocycles. The average molecular weight is 360 g/mol. The Bertz CT molecular complexity index is 806. The molecule has 25 heavy (non-hydrogen) atoms. The summed E-state index contributed by atoms with van der Waals surface area (Å²) in [5, 5.41) is 9.06. The van der Waals surface area contributed by atoms with Crippen molar-refractivity contribution in [3.05, 3.63) is 49.8 Å².